The zero-order valence-corrected chi connectivity index (χ0v) is 9.43. The molecule has 1 aromatic carbocycles. The fourth-order valence-electron chi connectivity index (χ4n) is 1.63. The average Bonchev–Trinajstić information content (AvgIpc) is 2.52. The summed E-state index contributed by atoms with van der Waals surface area (Å²) in [5.74, 6) is 0. The third-order valence-corrected chi connectivity index (χ3v) is 3.19. The van der Waals surface area contributed by atoms with Gasteiger partial charge >= 0.3 is 0 Å². The Morgan fingerprint density at radius 2 is 2.08 bits per heavy atom. The van der Waals surface area contributed by atoms with E-state index in [1.165, 1.54) is 21.3 Å². The van der Waals surface area contributed by atoms with E-state index in [1.807, 2.05) is 0 Å². The van der Waals surface area contributed by atoms with Crippen LogP contribution in [-0.4, -0.2) is 14.1 Å². The van der Waals surface area contributed by atoms with E-state index in [0.29, 0.717) is 0 Å². The number of fused-ring (bicyclic) bond motifs is 1. The van der Waals surface area contributed by atoms with Crippen LogP contribution in [0.4, 0.5) is 5.69 Å². The third kappa shape index (κ3) is 1.39. The second kappa shape index (κ2) is 3.18. The number of nitrogens with zero attached hydrogens (tertiary/aromatic N) is 1. The molecule has 0 aromatic heterocycles. The molecule has 0 atom stereocenters. The zero-order chi connectivity index (χ0) is 9.42. The molecule has 0 saturated heterocycles. The number of allylic oxidation sites excluding steroid dienone is 1. The van der Waals surface area contributed by atoms with Crippen molar-refractivity contribution in [1.29, 1.82) is 0 Å². The van der Waals surface area contributed by atoms with Crippen LogP contribution in [0.15, 0.2) is 22.7 Å². The molecule has 0 unspecified atom stereocenters. The number of benzene rings is 1. The number of anilines is 1. The Morgan fingerprint density at radius 3 is 2.77 bits per heavy atom. The molecule has 0 saturated carbocycles. The lowest BCUT2D eigenvalue weighted by Gasteiger charge is -2.16. The molecule has 0 amide bonds. The molecule has 1 aliphatic carbocycles. The van der Waals surface area contributed by atoms with Gasteiger partial charge in [0.25, 0.3) is 0 Å². The zero-order valence-electron chi connectivity index (χ0n) is 7.84. The molecule has 68 valence electrons. The van der Waals surface area contributed by atoms with Crippen molar-refractivity contribution in [2.24, 2.45) is 0 Å². The summed E-state index contributed by atoms with van der Waals surface area (Å²) in [5, 5.41) is 0. The van der Waals surface area contributed by atoms with Crippen LogP contribution in [0.2, 0.25) is 0 Å². The van der Waals surface area contributed by atoms with Gasteiger partial charge in [-0.1, -0.05) is 18.2 Å². The predicted octanol–water partition coefficient (Wildman–Crippen LogP) is 3.08. The Kier molecular flexibility index (Phi) is 2.16. The Hall–Kier alpha value is -0.760. The van der Waals surface area contributed by atoms with Gasteiger partial charge in [0.15, 0.2) is 0 Å². The Morgan fingerprint density at radius 1 is 1.31 bits per heavy atom. The largest absolute Gasteiger partial charge is 0.377 e. The summed E-state index contributed by atoms with van der Waals surface area (Å²) in [5.41, 5.74) is 3.99. The first kappa shape index (κ1) is 8.82. The average molecular weight is 238 g/mol. The van der Waals surface area contributed by atoms with Crippen LogP contribution < -0.4 is 4.90 Å². The summed E-state index contributed by atoms with van der Waals surface area (Å²) >= 11 is 3.64. The van der Waals surface area contributed by atoms with E-state index in [0.717, 1.165) is 6.42 Å². The molecular formula is C11H12BrN. The molecule has 0 heterocycles. The third-order valence-electron chi connectivity index (χ3n) is 2.35. The smallest absolute Gasteiger partial charge is 0.0511 e. The van der Waals surface area contributed by atoms with Gasteiger partial charge in [0.1, 0.15) is 0 Å². The van der Waals surface area contributed by atoms with E-state index < -0.39 is 0 Å². The summed E-state index contributed by atoms with van der Waals surface area (Å²) < 4.78 is 1.21. The molecule has 0 bridgehead atoms. The Balaban J connectivity index is 2.58. The normalized spacial score (nSPS) is 13.2. The van der Waals surface area contributed by atoms with Crippen molar-refractivity contribution in [1.82, 2.24) is 0 Å². The molecule has 0 fully saturated rings. The van der Waals surface area contributed by atoms with E-state index in [2.05, 4.69) is 59.2 Å². The Bertz CT molecular complexity index is 367. The van der Waals surface area contributed by atoms with Gasteiger partial charge in [-0.3, -0.25) is 0 Å². The van der Waals surface area contributed by atoms with Crippen LogP contribution in [0.3, 0.4) is 0 Å². The first-order valence-corrected chi connectivity index (χ1v) is 5.14. The fraction of sp³-hybridized carbons (Fsp3) is 0.273. The lowest BCUT2D eigenvalue weighted by atomic mass is 10.1. The predicted molar refractivity (Wildman–Crippen MR) is 61.2 cm³/mol. The lowest BCUT2D eigenvalue weighted by Crippen LogP contribution is -2.09. The van der Waals surface area contributed by atoms with Crippen LogP contribution >= 0.6 is 15.9 Å². The standard InChI is InChI=1S/C11H12BrN/c1-13(2)10-7-6-8-4-3-5-9(8)11(10)12/h3,5-7H,4H2,1-2H3. The molecule has 0 spiro atoms. The van der Waals surface area contributed by atoms with Gasteiger partial charge in [-0.05, 0) is 39.5 Å². The van der Waals surface area contributed by atoms with Crippen molar-refractivity contribution in [3.63, 3.8) is 0 Å². The summed E-state index contributed by atoms with van der Waals surface area (Å²) in [6.07, 6.45) is 5.46. The van der Waals surface area contributed by atoms with Crippen LogP contribution in [-0.2, 0) is 6.42 Å². The minimum atomic E-state index is 1.07. The van der Waals surface area contributed by atoms with Gasteiger partial charge in [-0.25, -0.2) is 0 Å². The maximum absolute atomic E-state index is 3.64. The highest BCUT2D eigenvalue weighted by atomic mass is 79.9. The van der Waals surface area contributed by atoms with Crippen molar-refractivity contribution in [2.45, 2.75) is 6.42 Å². The van der Waals surface area contributed by atoms with E-state index in [-0.39, 0.29) is 0 Å². The number of hydrogen-bond acceptors (Lipinski definition) is 1. The summed E-state index contributed by atoms with van der Waals surface area (Å²) in [6, 6.07) is 4.37. The van der Waals surface area contributed by atoms with Crippen molar-refractivity contribution >= 4 is 27.7 Å². The van der Waals surface area contributed by atoms with E-state index in [4.69, 9.17) is 0 Å². The molecule has 13 heavy (non-hydrogen) atoms. The molecule has 2 heteroatoms. The first-order valence-electron chi connectivity index (χ1n) is 4.35. The molecule has 1 aliphatic rings. The lowest BCUT2D eigenvalue weighted by molar-refractivity contribution is 1.12. The molecule has 2 rings (SSSR count). The van der Waals surface area contributed by atoms with Gasteiger partial charge in [-0.15, -0.1) is 0 Å². The molecule has 1 nitrogen and oxygen atoms in total. The van der Waals surface area contributed by atoms with Crippen LogP contribution in [0.5, 0.6) is 0 Å². The molecular weight excluding hydrogens is 226 g/mol. The highest BCUT2D eigenvalue weighted by molar-refractivity contribution is 9.10. The summed E-state index contributed by atoms with van der Waals surface area (Å²) in [7, 11) is 4.12. The molecule has 0 radical (unpaired) electrons. The molecule has 1 aromatic rings. The maximum atomic E-state index is 3.64. The van der Waals surface area contributed by atoms with Crippen LogP contribution in [0.25, 0.3) is 6.08 Å². The van der Waals surface area contributed by atoms with E-state index in [1.54, 1.807) is 0 Å². The van der Waals surface area contributed by atoms with Gasteiger partial charge in [0.05, 0.1) is 5.69 Å². The number of rotatable bonds is 1. The maximum Gasteiger partial charge on any atom is 0.0511 e. The van der Waals surface area contributed by atoms with Crippen molar-refractivity contribution < 1.29 is 0 Å². The monoisotopic (exact) mass is 237 g/mol. The second-order valence-electron chi connectivity index (χ2n) is 3.47. The van der Waals surface area contributed by atoms with Gasteiger partial charge in [0.2, 0.25) is 0 Å². The fourth-order valence-corrected chi connectivity index (χ4v) is 2.50. The van der Waals surface area contributed by atoms with Gasteiger partial charge < -0.3 is 4.90 Å². The van der Waals surface area contributed by atoms with Crippen molar-refractivity contribution in [3.05, 3.63) is 33.8 Å². The minimum absolute atomic E-state index is 1.07. The summed E-state index contributed by atoms with van der Waals surface area (Å²) in [4.78, 5) is 2.12. The van der Waals surface area contributed by atoms with Gasteiger partial charge in [0, 0.05) is 18.6 Å². The Labute approximate surface area is 87.2 Å². The quantitative estimate of drug-likeness (QED) is 0.726. The van der Waals surface area contributed by atoms with E-state index in [9.17, 15) is 0 Å². The highest BCUT2D eigenvalue weighted by Gasteiger charge is 2.12. The summed E-state index contributed by atoms with van der Waals surface area (Å²) in [6.45, 7) is 0. The number of hydrogen-bond donors (Lipinski definition) is 0. The van der Waals surface area contributed by atoms with Crippen molar-refractivity contribution in [3.8, 4) is 0 Å². The minimum Gasteiger partial charge on any atom is -0.377 e. The SMILES string of the molecule is CN(C)c1ccc2c(c1Br)C=CC2. The molecule has 0 N–H and O–H groups in total. The first-order chi connectivity index (χ1) is 6.20. The topological polar surface area (TPSA) is 3.24 Å². The molecule has 0 aliphatic heterocycles. The second-order valence-corrected chi connectivity index (χ2v) is 4.27. The number of halogens is 1. The van der Waals surface area contributed by atoms with Crippen LogP contribution in [0.1, 0.15) is 11.1 Å². The van der Waals surface area contributed by atoms with E-state index >= 15 is 0 Å². The van der Waals surface area contributed by atoms with Gasteiger partial charge in [-0.2, -0.15) is 0 Å². The van der Waals surface area contributed by atoms with Crippen molar-refractivity contribution in [2.75, 3.05) is 19.0 Å². The highest BCUT2D eigenvalue weighted by Crippen LogP contribution is 2.34. The van der Waals surface area contributed by atoms with Crippen LogP contribution in [0, 0.1) is 0 Å².